The summed E-state index contributed by atoms with van der Waals surface area (Å²) >= 11 is 0. The van der Waals surface area contributed by atoms with Gasteiger partial charge < -0.3 is 15.0 Å². The van der Waals surface area contributed by atoms with Crippen LogP contribution in [0, 0.1) is 17.2 Å². The van der Waals surface area contributed by atoms with E-state index in [0.717, 1.165) is 37.7 Å². The molecule has 23 heavy (non-hydrogen) atoms. The lowest BCUT2D eigenvalue weighted by Crippen LogP contribution is -2.37. The fraction of sp³-hybridized carbons (Fsp3) is 0.632. The molecule has 126 valence electrons. The molecule has 4 heteroatoms. The number of nitrogens with one attached hydrogen (secondary N) is 1. The smallest absolute Gasteiger partial charge is 0.119 e. The summed E-state index contributed by atoms with van der Waals surface area (Å²) in [6, 6.07) is 10.4. The van der Waals surface area contributed by atoms with Crippen molar-refractivity contribution in [1.29, 1.82) is 5.26 Å². The minimum Gasteiger partial charge on any atom is -0.494 e. The number of nitrogens with zero attached hydrogens (tertiary/aromatic N) is 2. The number of hydrogen-bond donors (Lipinski definition) is 1. The van der Waals surface area contributed by atoms with Gasteiger partial charge in [-0.05, 0) is 56.0 Å². The minimum atomic E-state index is 0.552. The van der Waals surface area contributed by atoms with Crippen molar-refractivity contribution in [2.24, 2.45) is 5.92 Å². The molecule has 0 amide bonds. The van der Waals surface area contributed by atoms with Gasteiger partial charge in [0.2, 0.25) is 0 Å². The average Bonchev–Trinajstić information content (AvgIpc) is 2.58. The lowest BCUT2D eigenvalue weighted by atomic mass is 9.99. The number of benzene rings is 1. The Morgan fingerprint density at radius 3 is 2.96 bits per heavy atom. The van der Waals surface area contributed by atoms with E-state index in [1.165, 1.54) is 31.5 Å². The Balaban J connectivity index is 1.62. The van der Waals surface area contributed by atoms with Crippen LogP contribution >= 0.6 is 0 Å². The number of ether oxygens (including phenoxy) is 1. The van der Waals surface area contributed by atoms with Crippen LogP contribution in [0.2, 0.25) is 0 Å². The highest BCUT2D eigenvalue weighted by atomic mass is 16.5. The third kappa shape index (κ3) is 7.02. The predicted octanol–water partition coefficient (Wildman–Crippen LogP) is 3.19. The minimum absolute atomic E-state index is 0.552. The van der Waals surface area contributed by atoms with Crippen molar-refractivity contribution in [3.63, 3.8) is 0 Å². The molecule has 4 nitrogen and oxygen atoms in total. The Morgan fingerprint density at radius 1 is 1.35 bits per heavy atom. The first-order valence-corrected chi connectivity index (χ1v) is 8.79. The highest BCUT2D eigenvalue weighted by Crippen LogP contribution is 2.15. The van der Waals surface area contributed by atoms with Crippen molar-refractivity contribution < 1.29 is 4.74 Å². The van der Waals surface area contributed by atoms with E-state index in [2.05, 4.69) is 35.3 Å². The van der Waals surface area contributed by atoms with Crippen molar-refractivity contribution in [1.82, 2.24) is 10.2 Å². The molecular weight excluding hydrogens is 286 g/mol. The molecule has 0 aliphatic carbocycles. The standard InChI is InChI=1S/C19H29N3O/c1-17-7-11-22(12-8-17)13-10-21-16-18-5-4-6-19(15-18)23-14-3-2-9-20/h4-6,15,17,21H,2-3,7-8,10-14,16H2,1H3. The van der Waals surface area contributed by atoms with E-state index in [9.17, 15) is 0 Å². The van der Waals surface area contributed by atoms with E-state index in [1.807, 2.05) is 12.1 Å². The lowest BCUT2D eigenvalue weighted by molar-refractivity contribution is 0.193. The second kappa shape index (κ2) is 10.3. The van der Waals surface area contributed by atoms with Gasteiger partial charge in [-0.3, -0.25) is 0 Å². The second-order valence-electron chi connectivity index (χ2n) is 6.46. The zero-order valence-electron chi connectivity index (χ0n) is 14.3. The third-order valence-corrected chi connectivity index (χ3v) is 4.41. The van der Waals surface area contributed by atoms with Crippen LogP contribution in [0.5, 0.6) is 5.75 Å². The summed E-state index contributed by atoms with van der Waals surface area (Å²) in [4.78, 5) is 2.56. The summed E-state index contributed by atoms with van der Waals surface area (Å²) in [5.74, 6) is 1.79. The first-order chi connectivity index (χ1) is 11.3. The van der Waals surface area contributed by atoms with Gasteiger partial charge in [-0.25, -0.2) is 0 Å². The van der Waals surface area contributed by atoms with Crippen molar-refractivity contribution in [3.8, 4) is 11.8 Å². The highest BCUT2D eigenvalue weighted by Gasteiger charge is 2.14. The molecule has 1 heterocycles. The van der Waals surface area contributed by atoms with Gasteiger partial charge in [-0.1, -0.05) is 19.1 Å². The summed E-state index contributed by atoms with van der Waals surface area (Å²) in [5, 5.41) is 12.0. The monoisotopic (exact) mass is 315 g/mol. The van der Waals surface area contributed by atoms with Crippen molar-refractivity contribution in [3.05, 3.63) is 29.8 Å². The first kappa shape index (κ1) is 17.8. The van der Waals surface area contributed by atoms with Gasteiger partial charge in [0.05, 0.1) is 12.7 Å². The summed E-state index contributed by atoms with van der Waals surface area (Å²) in [5.41, 5.74) is 1.25. The van der Waals surface area contributed by atoms with Crippen molar-refractivity contribution >= 4 is 0 Å². The lowest BCUT2D eigenvalue weighted by Gasteiger charge is -2.30. The van der Waals surface area contributed by atoms with Gasteiger partial charge >= 0.3 is 0 Å². The number of unbranched alkanes of at least 4 members (excludes halogenated alkanes) is 1. The summed E-state index contributed by atoms with van der Waals surface area (Å²) in [7, 11) is 0. The molecule has 1 aliphatic rings. The SMILES string of the molecule is CC1CCN(CCNCc2cccc(OCCCC#N)c2)CC1. The number of rotatable bonds is 9. The van der Waals surface area contributed by atoms with E-state index in [0.29, 0.717) is 13.0 Å². The molecule has 0 unspecified atom stereocenters. The third-order valence-electron chi connectivity index (χ3n) is 4.41. The molecule has 1 N–H and O–H groups in total. The van der Waals surface area contributed by atoms with Gasteiger partial charge in [0, 0.05) is 26.1 Å². The summed E-state index contributed by atoms with van der Waals surface area (Å²) < 4.78 is 5.67. The molecule has 0 aromatic heterocycles. The molecule has 0 radical (unpaired) electrons. The molecular formula is C19H29N3O. The number of piperidine rings is 1. The molecule has 0 atom stereocenters. The summed E-state index contributed by atoms with van der Waals surface area (Å²) in [6.07, 6.45) is 4.01. The maximum Gasteiger partial charge on any atom is 0.119 e. The van der Waals surface area contributed by atoms with Crippen LogP contribution < -0.4 is 10.1 Å². The largest absolute Gasteiger partial charge is 0.494 e. The van der Waals surface area contributed by atoms with Crippen molar-refractivity contribution in [2.75, 3.05) is 32.8 Å². The van der Waals surface area contributed by atoms with E-state index >= 15 is 0 Å². The average molecular weight is 315 g/mol. The second-order valence-corrected chi connectivity index (χ2v) is 6.46. The Bertz CT molecular complexity index is 490. The molecule has 0 saturated carbocycles. The van der Waals surface area contributed by atoms with E-state index in [4.69, 9.17) is 10.00 Å². The zero-order valence-corrected chi connectivity index (χ0v) is 14.3. The van der Waals surface area contributed by atoms with E-state index in [-0.39, 0.29) is 0 Å². The van der Waals surface area contributed by atoms with Crippen LogP contribution in [0.4, 0.5) is 0 Å². The molecule has 1 aliphatic heterocycles. The van der Waals surface area contributed by atoms with Crippen LogP contribution in [0.1, 0.15) is 38.2 Å². The van der Waals surface area contributed by atoms with E-state index in [1.54, 1.807) is 0 Å². The van der Waals surface area contributed by atoms with Gasteiger partial charge in [-0.2, -0.15) is 5.26 Å². The Labute approximate surface area is 140 Å². The normalized spacial score (nSPS) is 16.2. The highest BCUT2D eigenvalue weighted by molar-refractivity contribution is 5.28. The van der Waals surface area contributed by atoms with Gasteiger partial charge in [0.1, 0.15) is 5.75 Å². The molecule has 0 spiro atoms. The van der Waals surface area contributed by atoms with Crippen LogP contribution in [0.15, 0.2) is 24.3 Å². The van der Waals surface area contributed by atoms with Crippen molar-refractivity contribution in [2.45, 2.75) is 39.2 Å². The predicted molar refractivity (Wildman–Crippen MR) is 93.3 cm³/mol. The van der Waals surface area contributed by atoms with Crippen LogP contribution in [0.25, 0.3) is 0 Å². The maximum atomic E-state index is 8.52. The Morgan fingerprint density at radius 2 is 2.17 bits per heavy atom. The van der Waals surface area contributed by atoms with Gasteiger partial charge in [0.15, 0.2) is 0 Å². The molecule has 0 bridgehead atoms. The first-order valence-electron chi connectivity index (χ1n) is 8.79. The Hall–Kier alpha value is -1.57. The van der Waals surface area contributed by atoms with Gasteiger partial charge in [0.25, 0.3) is 0 Å². The topological polar surface area (TPSA) is 48.3 Å². The molecule has 1 saturated heterocycles. The van der Waals surface area contributed by atoms with E-state index < -0.39 is 0 Å². The molecule has 2 rings (SSSR count). The number of nitriles is 1. The van der Waals surface area contributed by atoms with Gasteiger partial charge in [-0.15, -0.1) is 0 Å². The fourth-order valence-corrected chi connectivity index (χ4v) is 2.84. The Kier molecular flexibility index (Phi) is 7.92. The summed E-state index contributed by atoms with van der Waals surface area (Å²) in [6.45, 7) is 8.49. The maximum absolute atomic E-state index is 8.52. The van der Waals surface area contributed by atoms with Crippen LogP contribution in [-0.4, -0.2) is 37.7 Å². The number of likely N-dealkylation sites (tertiary alicyclic amines) is 1. The van der Waals surface area contributed by atoms with Crippen LogP contribution in [0.3, 0.4) is 0 Å². The number of hydrogen-bond acceptors (Lipinski definition) is 4. The fourth-order valence-electron chi connectivity index (χ4n) is 2.84. The molecule has 1 fully saturated rings. The molecule has 1 aromatic rings. The van der Waals surface area contributed by atoms with Crippen LogP contribution in [-0.2, 0) is 6.54 Å². The molecule has 1 aromatic carbocycles. The zero-order chi connectivity index (χ0) is 16.3. The quantitative estimate of drug-likeness (QED) is 0.711.